The Morgan fingerprint density at radius 2 is 2.17 bits per heavy atom. The number of carbonyl (C=O) groups excluding carboxylic acids is 2. The Balaban J connectivity index is 1.83. The van der Waals surface area contributed by atoms with Crippen molar-refractivity contribution in [3.63, 3.8) is 0 Å². The number of piperazine rings is 1. The zero-order valence-electron chi connectivity index (χ0n) is 14.1. The molecule has 1 unspecified atom stereocenters. The van der Waals surface area contributed by atoms with E-state index in [2.05, 4.69) is 20.8 Å². The van der Waals surface area contributed by atoms with Crippen LogP contribution in [0.2, 0.25) is 0 Å². The SMILES string of the molecule is COCC(=O)N1CCN(C)CC1C(=O)NCCSc1nnnn1C. The van der Waals surface area contributed by atoms with Gasteiger partial charge in [-0.05, 0) is 17.5 Å². The van der Waals surface area contributed by atoms with Gasteiger partial charge in [-0.25, -0.2) is 4.68 Å². The first kappa shape index (κ1) is 18.6. The van der Waals surface area contributed by atoms with E-state index in [-0.39, 0.29) is 18.4 Å². The molecule has 0 aliphatic carbocycles. The Kier molecular flexibility index (Phi) is 6.94. The van der Waals surface area contributed by atoms with E-state index in [1.54, 1.807) is 16.6 Å². The minimum absolute atomic E-state index is 0.0114. The third-order valence-electron chi connectivity index (χ3n) is 3.69. The molecule has 1 atom stereocenters. The summed E-state index contributed by atoms with van der Waals surface area (Å²) in [5.41, 5.74) is 0. The van der Waals surface area contributed by atoms with Gasteiger partial charge in [-0.1, -0.05) is 11.8 Å². The van der Waals surface area contributed by atoms with Crippen molar-refractivity contribution in [2.75, 3.05) is 52.7 Å². The third kappa shape index (κ3) is 4.89. The number of amides is 2. The highest BCUT2D eigenvalue weighted by molar-refractivity contribution is 7.99. The van der Waals surface area contributed by atoms with Crippen LogP contribution in [0.5, 0.6) is 0 Å². The predicted molar refractivity (Wildman–Crippen MR) is 87.4 cm³/mol. The van der Waals surface area contributed by atoms with Crippen LogP contribution >= 0.6 is 11.8 Å². The lowest BCUT2D eigenvalue weighted by molar-refractivity contribution is -0.146. The molecule has 10 nitrogen and oxygen atoms in total. The van der Waals surface area contributed by atoms with Gasteiger partial charge in [-0.2, -0.15) is 0 Å². The van der Waals surface area contributed by atoms with Gasteiger partial charge >= 0.3 is 0 Å². The molecule has 1 fully saturated rings. The summed E-state index contributed by atoms with van der Waals surface area (Å²) in [5, 5.41) is 14.7. The molecule has 134 valence electrons. The first-order chi connectivity index (χ1) is 11.5. The molecule has 24 heavy (non-hydrogen) atoms. The second-order valence-electron chi connectivity index (χ2n) is 5.52. The summed E-state index contributed by atoms with van der Waals surface area (Å²) in [7, 11) is 5.18. The molecule has 0 saturated carbocycles. The molecule has 1 aromatic rings. The first-order valence-electron chi connectivity index (χ1n) is 7.62. The molecular weight excluding hydrogens is 334 g/mol. The van der Waals surface area contributed by atoms with Gasteiger partial charge < -0.3 is 19.9 Å². The van der Waals surface area contributed by atoms with Gasteiger partial charge in [-0.3, -0.25) is 9.59 Å². The van der Waals surface area contributed by atoms with E-state index in [0.29, 0.717) is 30.5 Å². The van der Waals surface area contributed by atoms with Crippen LogP contribution in [0.1, 0.15) is 0 Å². The van der Waals surface area contributed by atoms with Gasteiger partial charge in [0.05, 0.1) is 0 Å². The zero-order valence-corrected chi connectivity index (χ0v) is 15.0. The summed E-state index contributed by atoms with van der Waals surface area (Å²) in [6, 6.07) is -0.493. The fourth-order valence-corrected chi connectivity index (χ4v) is 3.13. The smallest absolute Gasteiger partial charge is 0.249 e. The molecule has 11 heteroatoms. The Labute approximate surface area is 144 Å². The molecule has 2 heterocycles. The fourth-order valence-electron chi connectivity index (χ4n) is 2.43. The molecule has 1 aliphatic rings. The highest BCUT2D eigenvalue weighted by atomic mass is 32.2. The van der Waals surface area contributed by atoms with Crippen molar-refractivity contribution >= 4 is 23.6 Å². The van der Waals surface area contributed by atoms with E-state index in [1.807, 2.05) is 11.9 Å². The lowest BCUT2D eigenvalue weighted by Crippen LogP contribution is -2.60. The number of aryl methyl sites for hydroxylation is 1. The standard InChI is InChI=1S/C13H23N7O3S/c1-18-5-6-20(11(21)9-23-3)10(8-18)12(22)14-4-7-24-13-15-16-17-19(13)2/h10H,4-9H2,1-3H3,(H,14,22). The summed E-state index contributed by atoms with van der Waals surface area (Å²) in [6.45, 7) is 2.25. The second kappa shape index (κ2) is 8.94. The molecular formula is C13H23N7O3S. The Bertz CT molecular complexity index is 568. The Morgan fingerprint density at radius 3 is 2.83 bits per heavy atom. The van der Waals surface area contributed by atoms with Crippen molar-refractivity contribution in [1.82, 2.24) is 35.3 Å². The maximum absolute atomic E-state index is 12.5. The van der Waals surface area contributed by atoms with Gasteiger partial charge in [-0.15, -0.1) is 5.10 Å². The lowest BCUT2D eigenvalue weighted by atomic mass is 10.1. The van der Waals surface area contributed by atoms with E-state index < -0.39 is 6.04 Å². The van der Waals surface area contributed by atoms with Crippen LogP contribution in [-0.4, -0.2) is 101 Å². The van der Waals surface area contributed by atoms with E-state index in [0.717, 1.165) is 6.54 Å². The molecule has 1 saturated heterocycles. The topological polar surface area (TPSA) is 105 Å². The number of thioether (sulfide) groups is 1. The monoisotopic (exact) mass is 357 g/mol. The molecule has 0 bridgehead atoms. The summed E-state index contributed by atoms with van der Waals surface area (Å²) in [4.78, 5) is 28.2. The van der Waals surface area contributed by atoms with Crippen molar-refractivity contribution < 1.29 is 14.3 Å². The maximum atomic E-state index is 12.5. The number of methoxy groups -OCH3 is 1. The molecule has 1 aromatic heterocycles. The van der Waals surface area contributed by atoms with Gasteiger partial charge in [0.15, 0.2) is 0 Å². The van der Waals surface area contributed by atoms with Crippen LogP contribution in [0, 0.1) is 0 Å². The third-order valence-corrected chi connectivity index (χ3v) is 4.70. The van der Waals surface area contributed by atoms with E-state index in [4.69, 9.17) is 4.74 Å². The number of nitrogens with one attached hydrogen (secondary N) is 1. The number of nitrogens with zero attached hydrogens (tertiary/aromatic N) is 6. The van der Waals surface area contributed by atoms with Crippen LogP contribution < -0.4 is 5.32 Å². The Morgan fingerprint density at radius 1 is 1.38 bits per heavy atom. The first-order valence-corrected chi connectivity index (χ1v) is 8.61. The Hall–Kier alpha value is -1.72. The minimum atomic E-state index is -0.493. The van der Waals surface area contributed by atoms with Crippen molar-refractivity contribution in [1.29, 1.82) is 0 Å². The number of rotatable bonds is 7. The van der Waals surface area contributed by atoms with Crippen LogP contribution in [0.25, 0.3) is 0 Å². The molecule has 0 radical (unpaired) electrons. The summed E-state index contributed by atoms with van der Waals surface area (Å²) < 4.78 is 6.48. The number of tetrazole rings is 1. The van der Waals surface area contributed by atoms with Gasteiger partial charge in [0.25, 0.3) is 0 Å². The molecule has 0 aromatic carbocycles. The fraction of sp³-hybridized carbons (Fsp3) is 0.769. The van der Waals surface area contributed by atoms with E-state index in [1.165, 1.54) is 18.9 Å². The predicted octanol–water partition coefficient (Wildman–Crippen LogP) is -1.79. The normalized spacial score (nSPS) is 18.6. The van der Waals surface area contributed by atoms with Crippen molar-refractivity contribution in [2.24, 2.45) is 7.05 Å². The van der Waals surface area contributed by atoms with Crippen molar-refractivity contribution in [3.8, 4) is 0 Å². The minimum Gasteiger partial charge on any atom is -0.375 e. The highest BCUT2D eigenvalue weighted by Gasteiger charge is 2.33. The van der Waals surface area contributed by atoms with Crippen LogP contribution in [-0.2, 0) is 21.4 Å². The number of hydrogen-bond donors (Lipinski definition) is 1. The van der Waals surface area contributed by atoms with E-state index in [9.17, 15) is 9.59 Å². The average Bonchev–Trinajstić information content (AvgIpc) is 2.96. The van der Waals surface area contributed by atoms with Gasteiger partial charge in [0.2, 0.25) is 17.0 Å². The van der Waals surface area contributed by atoms with E-state index >= 15 is 0 Å². The maximum Gasteiger partial charge on any atom is 0.249 e. The van der Waals surface area contributed by atoms with Crippen molar-refractivity contribution in [3.05, 3.63) is 0 Å². The quantitative estimate of drug-likeness (QED) is 0.450. The molecule has 1 aliphatic heterocycles. The van der Waals surface area contributed by atoms with Crippen molar-refractivity contribution in [2.45, 2.75) is 11.2 Å². The zero-order chi connectivity index (χ0) is 17.5. The second-order valence-corrected chi connectivity index (χ2v) is 6.58. The summed E-state index contributed by atoms with van der Waals surface area (Å²) in [5.74, 6) is 0.335. The number of likely N-dealkylation sites (N-methyl/N-ethyl adjacent to an activating group) is 1. The number of ether oxygens (including phenoxy) is 1. The summed E-state index contributed by atoms with van der Waals surface area (Å²) >= 11 is 1.46. The van der Waals surface area contributed by atoms with Crippen LogP contribution in [0.3, 0.4) is 0 Å². The molecule has 2 rings (SSSR count). The van der Waals surface area contributed by atoms with Crippen LogP contribution in [0.4, 0.5) is 0 Å². The highest BCUT2D eigenvalue weighted by Crippen LogP contribution is 2.12. The number of hydrogen-bond acceptors (Lipinski definition) is 8. The number of carbonyl (C=O) groups is 2. The number of aromatic nitrogens is 4. The molecule has 2 amide bonds. The lowest BCUT2D eigenvalue weighted by Gasteiger charge is -2.38. The largest absolute Gasteiger partial charge is 0.375 e. The molecule has 1 N–H and O–H groups in total. The van der Waals surface area contributed by atoms with Gasteiger partial charge in [0.1, 0.15) is 12.6 Å². The van der Waals surface area contributed by atoms with Gasteiger partial charge in [0, 0.05) is 46.1 Å². The molecule has 0 spiro atoms. The van der Waals surface area contributed by atoms with Crippen LogP contribution in [0.15, 0.2) is 5.16 Å². The summed E-state index contributed by atoms with van der Waals surface area (Å²) in [6.07, 6.45) is 0. The average molecular weight is 357 g/mol.